The summed E-state index contributed by atoms with van der Waals surface area (Å²) < 4.78 is 27.3. The van der Waals surface area contributed by atoms with Crippen molar-refractivity contribution in [3.8, 4) is 0 Å². The average molecular weight is 300 g/mol. The smallest absolute Gasteiger partial charge is 0.244 e. The van der Waals surface area contributed by atoms with Crippen LogP contribution < -0.4 is 16.0 Å². The van der Waals surface area contributed by atoms with Gasteiger partial charge in [0.1, 0.15) is 4.90 Å². The molecule has 0 saturated carbocycles. The zero-order valence-electron chi connectivity index (χ0n) is 12.4. The Morgan fingerprint density at radius 2 is 1.85 bits per heavy atom. The zero-order valence-corrected chi connectivity index (χ0v) is 13.2. The van der Waals surface area contributed by atoms with Gasteiger partial charge in [-0.2, -0.15) is 0 Å². The van der Waals surface area contributed by atoms with Crippen molar-refractivity contribution in [2.75, 3.05) is 12.0 Å². The predicted molar refractivity (Wildman–Crippen MR) is 80.4 cm³/mol. The zero-order chi connectivity index (χ0) is 15.3. The molecule has 0 bridgehead atoms. The molecule has 6 nitrogen and oxygen atoms in total. The predicted octanol–water partition coefficient (Wildman–Crippen LogP) is 1.57. The molecular weight excluding hydrogens is 276 g/mol. The van der Waals surface area contributed by atoms with E-state index in [1.807, 2.05) is 0 Å². The molecule has 0 amide bonds. The molecule has 0 aliphatic rings. The van der Waals surface area contributed by atoms with Crippen LogP contribution in [0.1, 0.15) is 27.7 Å². The Labute approximate surface area is 121 Å². The lowest BCUT2D eigenvalue weighted by Gasteiger charge is -2.25. The van der Waals surface area contributed by atoms with E-state index in [1.165, 1.54) is 18.5 Å². The first-order valence-corrected chi connectivity index (χ1v) is 8.18. The molecule has 0 radical (unpaired) electrons. The molecule has 114 valence electrons. The van der Waals surface area contributed by atoms with Gasteiger partial charge >= 0.3 is 0 Å². The number of aromatic nitrogens is 1. The van der Waals surface area contributed by atoms with Crippen LogP contribution in [0.3, 0.4) is 0 Å². The van der Waals surface area contributed by atoms with E-state index in [9.17, 15) is 8.42 Å². The van der Waals surface area contributed by atoms with Gasteiger partial charge in [-0.05, 0) is 23.8 Å². The molecular formula is C13H24N4O2S. The van der Waals surface area contributed by atoms with Crippen molar-refractivity contribution in [1.29, 1.82) is 0 Å². The van der Waals surface area contributed by atoms with Crippen molar-refractivity contribution in [2.45, 2.75) is 32.6 Å². The lowest BCUT2D eigenvalue weighted by atomic mass is 9.86. The monoisotopic (exact) mass is 300 g/mol. The van der Waals surface area contributed by atoms with Gasteiger partial charge in [0.05, 0.1) is 5.69 Å². The Balaban J connectivity index is 2.90. The Bertz CT molecular complexity index is 521. The van der Waals surface area contributed by atoms with Crippen LogP contribution in [-0.2, 0) is 10.0 Å². The van der Waals surface area contributed by atoms with E-state index >= 15 is 0 Å². The molecule has 1 heterocycles. The molecule has 7 heteroatoms. The molecule has 4 N–H and O–H groups in total. The first kappa shape index (κ1) is 16.9. The van der Waals surface area contributed by atoms with Crippen LogP contribution in [0.25, 0.3) is 0 Å². The third-order valence-corrected chi connectivity index (χ3v) is 4.90. The minimum absolute atomic E-state index is 0.0637. The third-order valence-electron chi connectivity index (χ3n) is 3.45. The molecule has 0 fully saturated rings. The highest BCUT2D eigenvalue weighted by molar-refractivity contribution is 7.89. The Kier molecular flexibility index (Phi) is 5.91. The van der Waals surface area contributed by atoms with Crippen molar-refractivity contribution >= 4 is 15.7 Å². The Morgan fingerprint density at radius 1 is 1.25 bits per heavy atom. The fourth-order valence-electron chi connectivity index (χ4n) is 2.24. The van der Waals surface area contributed by atoms with E-state index in [1.54, 1.807) is 0 Å². The third kappa shape index (κ3) is 4.16. The number of hydrogen-bond donors (Lipinski definition) is 3. The van der Waals surface area contributed by atoms with E-state index in [-0.39, 0.29) is 10.8 Å². The number of hydrogen-bond acceptors (Lipinski definition) is 5. The van der Waals surface area contributed by atoms with Crippen molar-refractivity contribution < 1.29 is 8.42 Å². The normalized spacial score (nSPS) is 12.4. The Hall–Kier alpha value is -1.18. The van der Waals surface area contributed by atoms with Crippen LogP contribution in [0.4, 0.5) is 5.69 Å². The number of nitrogens with one attached hydrogen (secondary N) is 2. The standard InChI is InChI=1S/C13H24N4O2S/c1-9(2)11(10(3)4)7-16-20(18,19)13-8-15-6-5-12(13)17-14/h5-6,8-11,16H,7,14H2,1-4H3,(H,15,17). The second kappa shape index (κ2) is 7.01. The van der Waals surface area contributed by atoms with Gasteiger partial charge < -0.3 is 5.43 Å². The van der Waals surface area contributed by atoms with Crippen LogP contribution in [0, 0.1) is 17.8 Å². The highest BCUT2D eigenvalue weighted by Crippen LogP contribution is 2.22. The topological polar surface area (TPSA) is 97.1 Å². The van der Waals surface area contributed by atoms with Gasteiger partial charge in [0.2, 0.25) is 10.0 Å². The molecule has 1 aromatic heterocycles. The molecule has 1 rings (SSSR count). The van der Waals surface area contributed by atoms with E-state index in [0.29, 0.717) is 24.1 Å². The quantitative estimate of drug-likeness (QED) is 0.524. The van der Waals surface area contributed by atoms with E-state index in [0.717, 1.165) is 0 Å². The van der Waals surface area contributed by atoms with Crippen LogP contribution in [-0.4, -0.2) is 19.9 Å². The minimum Gasteiger partial charge on any atom is -0.323 e. The van der Waals surface area contributed by atoms with Gasteiger partial charge in [0.15, 0.2) is 0 Å². The van der Waals surface area contributed by atoms with Gasteiger partial charge in [-0.1, -0.05) is 27.7 Å². The van der Waals surface area contributed by atoms with Crippen molar-refractivity contribution in [3.63, 3.8) is 0 Å². The van der Waals surface area contributed by atoms with Crippen LogP contribution in [0.5, 0.6) is 0 Å². The maximum atomic E-state index is 12.3. The summed E-state index contributed by atoms with van der Waals surface area (Å²) in [7, 11) is -3.62. The van der Waals surface area contributed by atoms with Gasteiger partial charge in [-0.25, -0.2) is 13.1 Å². The number of anilines is 1. The van der Waals surface area contributed by atoms with Gasteiger partial charge in [-0.3, -0.25) is 10.8 Å². The molecule has 0 aromatic carbocycles. The molecule has 0 aliphatic carbocycles. The first-order valence-electron chi connectivity index (χ1n) is 6.70. The number of nitrogens with zero attached hydrogens (tertiary/aromatic N) is 1. The molecule has 0 atom stereocenters. The SMILES string of the molecule is CC(C)C(CNS(=O)(=O)c1cnccc1NN)C(C)C. The fraction of sp³-hybridized carbons (Fsp3) is 0.615. The summed E-state index contributed by atoms with van der Waals surface area (Å²) in [6, 6.07) is 1.52. The van der Waals surface area contributed by atoms with E-state index in [2.05, 4.69) is 42.8 Å². The summed E-state index contributed by atoms with van der Waals surface area (Å²) in [5.41, 5.74) is 2.71. The van der Waals surface area contributed by atoms with Gasteiger partial charge in [0, 0.05) is 18.9 Å². The number of pyridine rings is 1. The largest absolute Gasteiger partial charge is 0.323 e. The summed E-state index contributed by atoms with van der Waals surface area (Å²) in [6.07, 6.45) is 2.77. The molecule has 20 heavy (non-hydrogen) atoms. The summed E-state index contributed by atoms with van der Waals surface area (Å²) in [5, 5.41) is 0. The highest BCUT2D eigenvalue weighted by atomic mass is 32.2. The molecule has 0 spiro atoms. The number of nitrogen functional groups attached to an aromatic ring is 1. The lowest BCUT2D eigenvalue weighted by Crippen LogP contribution is -2.34. The maximum absolute atomic E-state index is 12.3. The molecule has 0 saturated heterocycles. The lowest BCUT2D eigenvalue weighted by molar-refractivity contribution is 0.289. The van der Waals surface area contributed by atoms with E-state index < -0.39 is 10.0 Å². The molecule has 0 unspecified atom stereocenters. The summed E-state index contributed by atoms with van der Waals surface area (Å²) in [5.74, 6) is 6.41. The van der Waals surface area contributed by atoms with Crippen LogP contribution in [0.2, 0.25) is 0 Å². The minimum atomic E-state index is -3.62. The number of nitrogens with two attached hydrogens (primary N) is 1. The average Bonchev–Trinajstić information content (AvgIpc) is 2.37. The summed E-state index contributed by atoms with van der Waals surface area (Å²) in [6.45, 7) is 8.77. The molecule has 0 aliphatic heterocycles. The number of hydrazine groups is 1. The van der Waals surface area contributed by atoms with E-state index in [4.69, 9.17) is 5.84 Å². The number of sulfonamides is 1. The maximum Gasteiger partial charge on any atom is 0.244 e. The van der Waals surface area contributed by atoms with Gasteiger partial charge in [0.25, 0.3) is 0 Å². The fourth-order valence-corrected chi connectivity index (χ4v) is 3.42. The number of rotatable bonds is 7. The Morgan fingerprint density at radius 3 is 2.35 bits per heavy atom. The highest BCUT2D eigenvalue weighted by Gasteiger charge is 2.23. The van der Waals surface area contributed by atoms with Crippen molar-refractivity contribution in [3.05, 3.63) is 18.5 Å². The summed E-state index contributed by atoms with van der Waals surface area (Å²) >= 11 is 0. The second-order valence-corrected chi connectivity index (χ2v) is 7.26. The van der Waals surface area contributed by atoms with Crippen molar-refractivity contribution in [1.82, 2.24) is 9.71 Å². The van der Waals surface area contributed by atoms with Gasteiger partial charge in [-0.15, -0.1) is 0 Å². The first-order chi connectivity index (χ1) is 9.29. The summed E-state index contributed by atoms with van der Waals surface area (Å²) in [4.78, 5) is 3.91. The van der Waals surface area contributed by atoms with Crippen molar-refractivity contribution in [2.24, 2.45) is 23.6 Å². The van der Waals surface area contributed by atoms with Crippen LogP contribution in [0.15, 0.2) is 23.4 Å². The van der Waals surface area contributed by atoms with Crippen LogP contribution >= 0.6 is 0 Å². The molecule has 1 aromatic rings. The second-order valence-electron chi connectivity index (χ2n) is 5.52.